The molecule has 2 nitrogen and oxygen atoms in total. The molecule has 0 radical (unpaired) electrons. The van der Waals surface area contributed by atoms with Crippen LogP contribution in [-0.4, -0.2) is 17.3 Å². The molecule has 2 rings (SSSR count). The molecule has 4 heteroatoms. The molecular weight excluding hydrogens is 251 g/mol. The highest BCUT2D eigenvalue weighted by Crippen LogP contribution is 2.26. The maximum atomic E-state index is 12.7. The van der Waals surface area contributed by atoms with Gasteiger partial charge in [0.25, 0.3) is 0 Å². The van der Waals surface area contributed by atoms with Crippen molar-refractivity contribution >= 4 is 23.3 Å². The average Bonchev–Trinajstić information content (AvgIpc) is 2.30. The zero-order chi connectivity index (χ0) is 13.0. The molecule has 18 heavy (non-hydrogen) atoms. The monoisotopic (exact) mass is 266 g/mol. The molecular formula is C14H15FO2S. The summed E-state index contributed by atoms with van der Waals surface area (Å²) in [7, 11) is 0. The fourth-order valence-corrected chi connectivity index (χ4v) is 3.17. The molecule has 1 aromatic rings. The highest BCUT2D eigenvalue weighted by atomic mass is 32.2. The second kappa shape index (κ2) is 6.14. The van der Waals surface area contributed by atoms with Crippen molar-refractivity contribution in [3.05, 3.63) is 30.1 Å². The summed E-state index contributed by atoms with van der Waals surface area (Å²) in [5.74, 6) is 0.970. The fraction of sp³-hybridized carbons (Fsp3) is 0.429. The van der Waals surface area contributed by atoms with E-state index < -0.39 is 0 Å². The molecule has 1 fully saturated rings. The summed E-state index contributed by atoms with van der Waals surface area (Å²) in [6.07, 6.45) is 2.06. The van der Waals surface area contributed by atoms with Gasteiger partial charge in [-0.1, -0.05) is 0 Å². The van der Waals surface area contributed by atoms with Crippen molar-refractivity contribution in [1.29, 1.82) is 0 Å². The van der Waals surface area contributed by atoms with E-state index in [1.165, 1.54) is 12.1 Å². The van der Waals surface area contributed by atoms with Crippen LogP contribution < -0.4 is 0 Å². The van der Waals surface area contributed by atoms with Crippen LogP contribution in [0.1, 0.15) is 25.7 Å². The Kier molecular flexibility index (Phi) is 4.53. The zero-order valence-electron chi connectivity index (χ0n) is 10.0. The number of ketones is 2. The Morgan fingerprint density at radius 1 is 1.11 bits per heavy atom. The van der Waals surface area contributed by atoms with E-state index in [-0.39, 0.29) is 29.7 Å². The van der Waals surface area contributed by atoms with E-state index in [0.717, 1.165) is 17.1 Å². The number of hydrogen-bond donors (Lipinski definition) is 0. The van der Waals surface area contributed by atoms with Gasteiger partial charge in [0.1, 0.15) is 17.4 Å². The summed E-state index contributed by atoms with van der Waals surface area (Å²) in [6, 6.07) is 6.38. The summed E-state index contributed by atoms with van der Waals surface area (Å²) in [5, 5.41) is 0. The Bertz CT molecular complexity index is 426. The lowest BCUT2D eigenvalue weighted by atomic mass is 9.86. The summed E-state index contributed by atoms with van der Waals surface area (Å²) >= 11 is 1.64. The number of carbonyl (C=O) groups excluding carboxylic acids is 2. The quantitative estimate of drug-likeness (QED) is 0.619. The van der Waals surface area contributed by atoms with Gasteiger partial charge in [0.05, 0.1) is 6.42 Å². The van der Waals surface area contributed by atoms with Gasteiger partial charge in [-0.2, -0.15) is 0 Å². The van der Waals surface area contributed by atoms with E-state index in [9.17, 15) is 14.0 Å². The smallest absolute Gasteiger partial charge is 0.140 e. The number of benzene rings is 1. The molecule has 1 aliphatic rings. The molecule has 0 amide bonds. The number of Topliss-reactive ketones (excluding diaryl/α,β-unsaturated/α-hetero) is 2. The maximum absolute atomic E-state index is 12.7. The molecule has 1 aliphatic carbocycles. The van der Waals surface area contributed by atoms with Crippen molar-refractivity contribution in [2.75, 3.05) is 5.75 Å². The molecule has 96 valence electrons. The van der Waals surface area contributed by atoms with Crippen molar-refractivity contribution < 1.29 is 14.0 Å². The van der Waals surface area contributed by atoms with Crippen LogP contribution in [0.3, 0.4) is 0 Å². The molecule has 0 aromatic heterocycles. The molecule has 0 saturated heterocycles. The van der Waals surface area contributed by atoms with Crippen molar-refractivity contribution in [2.45, 2.75) is 30.6 Å². The molecule has 1 saturated carbocycles. The van der Waals surface area contributed by atoms with E-state index in [2.05, 4.69) is 0 Å². The third-order valence-corrected chi connectivity index (χ3v) is 4.08. The zero-order valence-corrected chi connectivity index (χ0v) is 10.8. The molecule has 0 N–H and O–H groups in total. The second-order valence-electron chi connectivity index (χ2n) is 4.62. The lowest BCUT2D eigenvalue weighted by Gasteiger charge is -2.19. The lowest BCUT2D eigenvalue weighted by molar-refractivity contribution is -0.131. The van der Waals surface area contributed by atoms with Gasteiger partial charge in [-0.05, 0) is 42.4 Å². The van der Waals surface area contributed by atoms with Crippen LogP contribution in [0.15, 0.2) is 29.2 Å². The van der Waals surface area contributed by atoms with Crippen LogP contribution in [0.4, 0.5) is 4.39 Å². The SMILES string of the molecule is O=C1CC(=O)CC(CCSc2ccc(F)cc2)C1. The molecule has 0 unspecified atom stereocenters. The first-order valence-corrected chi connectivity index (χ1v) is 7.04. The minimum atomic E-state index is -0.233. The maximum Gasteiger partial charge on any atom is 0.140 e. The Morgan fingerprint density at radius 3 is 2.33 bits per heavy atom. The van der Waals surface area contributed by atoms with E-state index >= 15 is 0 Å². The van der Waals surface area contributed by atoms with Gasteiger partial charge < -0.3 is 0 Å². The first-order chi connectivity index (χ1) is 8.63. The van der Waals surface area contributed by atoms with E-state index in [1.807, 2.05) is 0 Å². The van der Waals surface area contributed by atoms with Crippen LogP contribution in [0, 0.1) is 11.7 Å². The normalized spacial score (nSPS) is 17.2. The first kappa shape index (κ1) is 13.3. The van der Waals surface area contributed by atoms with Crippen LogP contribution in [-0.2, 0) is 9.59 Å². The average molecular weight is 266 g/mol. The fourth-order valence-electron chi connectivity index (χ4n) is 2.16. The molecule has 0 spiro atoms. The molecule has 0 bridgehead atoms. The van der Waals surface area contributed by atoms with E-state index in [4.69, 9.17) is 0 Å². The number of carbonyl (C=O) groups is 2. The van der Waals surface area contributed by atoms with Crippen LogP contribution >= 0.6 is 11.8 Å². The van der Waals surface area contributed by atoms with Gasteiger partial charge in [-0.15, -0.1) is 11.8 Å². The minimum absolute atomic E-state index is 0.0723. The second-order valence-corrected chi connectivity index (χ2v) is 5.79. The van der Waals surface area contributed by atoms with E-state index in [1.54, 1.807) is 23.9 Å². The van der Waals surface area contributed by atoms with Crippen molar-refractivity contribution in [2.24, 2.45) is 5.92 Å². The van der Waals surface area contributed by atoms with Crippen molar-refractivity contribution in [3.63, 3.8) is 0 Å². The Morgan fingerprint density at radius 2 is 1.72 bits per heavy atom. The van der Waals surface area contributed by atoms with Gasteiger partial charge in [0.15, 0.2) is 0 Å². The van der Waals surface area contributed by atoms with Gasteiger partial charge in [-0.3, -0.25) is 9.59 Å². The van der Waals surface area contributed by atoms with Gasteiger partial charge in [0, 0.05) is 17.7 Å². The number of rotatable bonds is 4. The Balaban J connectivity index is 1.76. The third-order valence-electron chi connectivity index (χ3n) is 3.04. The summed E-state index contributed by atoms with van der Waals surface area (Å²) in [4.78, 5) is 23.6. The largest absolute Gasteiger partial charge is 0.299 e. The Hall–Kier alpha value is -1.16. The summed E-state index contributed by atoms with van der Waals surface area (Å²) < 4.78 is 12.7. The van der Waals surface area contributed by atoms with Gasteiger partial charge >= 0.3 is 0 Å². The number of halogens is 1. The molecule has 0 heterocycles. The standard InChI is InChI=1S/C14H15FO2S/c15-11-1-3-14(4-2-11)18-6-5-10-7-12(16)9-13(17)8-10/h1-4,10H,5-9H2. The van der Waals surface area contributed by atoms with Crippen molar-refractivity contribution in [3.8, 4) is 0 Å². The lowest BCUT2D eigenvalue weighted by Crippen LogP contribution is -2.22. The molecule has 0 atom stereocenters. The first-order valence-electron chi connectivity index (χ1n) is 6.05. The van der Waals surface area contributed by atoms with E-state index in [0.29, 0.717) is 12.8 Å². The van der Waals surface area contributed by atoms with Crippen LogP contribution in [0.5, 0.6) is 0 Å². The predicted octanol–water partition coefficient (Wildman–Crippen LogP) is 3.25. The number of hydrogen-bond acceptors (Lipinski definition) is 3. The van der Waals surface area contributed by atoms with Gasteiger partial charge in [0.2, 0.25) is 0 Å². The van der Waals surface area contributed by atoms with Crippen LogP contribution in [0.25, 0.3) is 0 Å². The van der Waals surface area contributed by atoms with Gasteiger partial charge in [-0.25, -0.2) is 4.39 Å². The van der Waals surface area contributed by atoms with Crippen LogP contribution in [0.2, 0.25) is 0 Å². The third kappa shape index (κ3) is 3.95. The molecule has 1 aromatic carbocycles. The van der Waals surface area contributed by atoms with Crippen molar-refractivity contribution in [1.82, 2.24) is 0 Å². The predicted molar refractivity (Wildman–Crippen MR) is 69.1 cm³/mol. The molecule has 0 aliphatic heterocycles. The Labute approximate surface area is 110 Å². The minimum Gasteiger partial charge on any atom is -0.299 e. The summed E-state index contributed by atoms with van der Waals surface area (Å²) in [5.41, 5.74) is 0. The highest BCUT2D eigenvalue weighted by Gasteiger charge is 2.24. The topological polar surface area (TPSA) is 34.1 Å². The number of thioether (sulfide) groups is 1. The highest BCUT2D eigenvalue weighted by molar-refractivity contribution is 7.99. The summed E-state index contributed by atoms with van der Waals surface area (Å²) in [6.45, 7) is 0.